The maximum atomic E-state index is 12.6. The Morgan fingerprint density at radius 1 is 1.11 bits per heavy atom. The van der Waals surface area contributed by atoms with Crippen LogP contribution >= 0.6 is 0 Å². The van der Waals surface area contributed by atoms with Crippen molar-refractivity contribution in [2.45, 2.75) is 76.2 Å². The van der Waals surface area contributed by atoms with Crippen LogP contribution in [0.5, 0.6) is 0 Å². The first kappa shape index (κ1) is 16.9. The van der Waals surface area contributed by atoms with Crippen molar-refractivity contribution in [1.29, 1.82) is 0 Å². The van der Waals surface area contributed by atoms with Gasteiger partial charge in [-0.25, -0.2) is 0 Å². The lowest BCUT2D eigenvalue weighted by Crippen LogP contribution is -2.40. The van der Waals surface area contributed by atoms with E-state index >= 15 is 0 Å². The molecule has 0 spiro atoms. The monoisotopic (exact) mass is 371 g/mol. The van der Waals surface area contributed by atoms with E-state index in [-0.39, 0.29) is 24.3 Å². The van der Waals surface area contributed by atoms with Crippen molar-refractivity contribution in [2.75, 3.05) is 6.54 Å². The van der Waals surface area contributed by atoms with E-state index in [1.807, 2.05) is 4.90 Å². The lowest BCUT2D eigenvalue weighted by Gasteiger charge is -2.29. The Bertz CT molecular complexity index is 825. The van der Waals surface area contributed by atoms with Gasteiger partial charge in [0.15, 0.2) is 11.6 Å². The maximum Gasteiger partial charge on any atom is 0.236 e. The fourth-order valence-corrected chi connectivity index (χ4v) is 5.13. The summed E-state index contributed by atoms with van der Waals surface area (Å²) in [6.45, 7) is 2.51. The zero-order valence-corrected chi connectivity index (χ0v) is 15.6. The number of hydrogen-bond acceptors (Lipinski definition) is 7. The molecule has 1 aliphatic heterocycles. The number of piperidine rings is 1. The van der Waals surface area contributed by atoms with Crippen molar-refractivity contribution in [1.82, 2.24) is 25.2 Å². The first-order chi connectivity index (χ1) is 13.2. The van der Waals surface area contributed by atoms with E-state index in [9.17, 15) is 4.79 Å². The highest BCUT2D eigenvalue weighted by molar-refractivity contribution is 5.78. The molecule has 2 aliphatic carbocycles. The van der Waals surface area contributed by atoms with Gasteiger partial charge in [0.05, 0.1) is 0 Å². The van der Waals surface area contributed by atoms with Crippen molar-refractivity contribution in [2.24, 2.45) is 5.92 Å². The predicted molar refractivity (Wildman–Crippen MR) is 93.8 cm³/mol. The minimum absolute atomic E-state index is 0.0676. The normalized spacial score (nSPS) is 28.2. The second-order valence-corrected chi connectivity index (χ2v) is 8.28. The Hall–Kier alpha value is -2.25. The third-order valence-electron chi connectivity index (χ3n) is 6.48. The van der Waals surface area contributed by atoms with Crippen LogP contribution in [-0.4, -0.2) is 43.7 Å². The van der Waals surface area contributed by atoms with Crippen LogP contribution in [0, 0.1) is 12.8 Å². The number of hydrogen-bond donors (Lipinski definition) is 0. The van der Waals surface area contributed by atoms with Crippen molar-refractivity contribution < 1.29 is 13.8 Å². The average Bonchev–Trinajstić information content (AvgIpc) is 3.46. The summed E-state index contributed by atoms with van der Waals surface area (Å²) in [6.07, 6.45) is 8.30. The van der Waals surface area contributed by atoms with Gasteiger partial charge in [-0.3, -0.25) is 4.79 Å². The molecule has 0 radical (unpaired) electrons. The van der Waals surface area contributed by atoms with Gasteiger partial charge in [0.1, 0.15) is 6.42 Å². The molecule has 3 aliphatic rings. The van der Waals surface area contributed by atoms with Gasteiger partial charge in [-0.05, 0) is 38.5 Å². The number of carbonyl (C=O) groups is 1. The molecule has 1 saturated heterocycles. The number of amides is 1. The van der Waals surface area contributed by atoms with Gasteiger partial charge in [-0.1, -0.05) is 29.6 Å². The molecule has 8 heteroatoms. The predicted octanol–water partition coefficient (Wildman–Crippen LogP) is 2.76. The number of fused-ring (bicyclic) bond motifs is 2. The topological polar surface area (TPSA) is 98.2 Å². The molecule has 3 unspecified atom stereocenters. The molecule has 3 atom stereocenters. The number of aromatic nitrogens is 4. The summed E-state index contributed by atoms with van der Waals surface area (Å²) in [4.78, 5) is 23.5. The van der Waals surface area contributed by atoms with Gasteiger partial charge >= 0.3 is 0 Å². The van der Waals surface area contributed by atoms with Crippen molar-refractivity contribution in [3.8, 4) is 0 Å². The number of rotatable bonds is 4. The summed E-state index contributed by atoms with van der Waals surface area (Å²) in [5, 5.41) is 8.04. The third kappa shape index (κ3) is 3.15. The molecule has 2 aromatic heterocycles. The maximum absolute atomic E-state index is 12.6. The van der Waals surface area contributed by atoms with Crippen molar-refractivity contribution >= 4 is 5.91 Å². The molecule has 144 valence electrons. The standard InChI is InChI=1S/C19H25N5O3/c1-11-20-16(26-22-11)9-17(25)24-10-13-7-14(24)8-15(13)19-21-18(23-27-19)12-5-3-2-4-6-12/h12-15H,2-10H2,1H3. The van der Waals surface area contributed by atoms with Gasteiger partial charge in [0.25, 0.3) is 0 Å². The van der Waals surface area contributed by atoms with Crippen LogP contribution in [0.25, 0.3) is 0 Å². The van der Waals surface area contributed by atoms with Crippen LogP contribution < -0.4 is 0 Å². The molecular formula is C19H25N5O3. The highest BCUT2D eigenvalue weighted by Crippen LogP contribution is 2.47. The zero-order valence-electron chi connectivity index (χ0n) is 15.6. The molecule has 3 fully saturated rings. The highest BCUT2D eigenvalue weighted by Gasteiger charge is 2.49. The van der Waals surface area contributed by atoms with Crippen LogP contribution in [0.2, 0.25) is 0 Å². The Kier molecular flexibility index (Phi) is 4.21. The van der Waals surface area contributed by atoms with E-state index in [4.69, 9.17) is 14.0 Å². The third-order valence-corrected chi connectivity index (χ3v) is 6.48. The number of aryl methyl sites for hydroxylation is 1. The van der Waals surface area contributed by atoms with Gasteiger partial charge in [0.2, 0.25) is 17.7 Å². The Labute approximate surface area is 157 Å². The summed E-state index contributed by atoms with van der Waals surface area (Å²) < 4.78 is 10.7. The Balaban J connectivity index is 1.22. The first-order valence-electron chi connectivity index (χ1n) is 10.1. The molecule has 27 heavy (non-hydrogen) atoms. The van der Waals surface area contributed by atoms with E-state index in [1.165, 1.54) is 32.1 Å². The van der Waals surface area contributed by atoms with Crippen LogP contribution in [0.3, 0.4) is 0 Å². The molecular weight excluding hydrogens is 346 g/mol. The minimum atomic E-state index is 0.0676. The molecule has 2 bridgehead atoms. The van der Waals surface area contributed by atoms with E-state index in [0.29, 0.717) is 23.6 Å². The largest absolute Gasteiger partial charge is 0.339 e. The number of likely N-dealkylation sites (tertiary alicyclic amines) is 1. The van der Waals surface area contributed by atoms with E-state index in [2.05, 4.69) is 15.3 Å². The van der Waals surface area contributed by atoms with Gasteiger partial charge < -0.3 is 13.9 Å². The summed E-state index contributed by atoms with van der Waals surface area (Å²) in [7, 11) is 0. The number of nitrogens with zero attached hydrogens (tertiary/aromatic N) is 5. The summed E-state index contributed by atoms with van der Waals surface area (Å²) >= 11 is 0. The van der Waals surface area contributed by atoms with E-state index in [1.54, 1.807) is 6.92 Å². The first-order valence-corrected chi connectivity index (χ1v) is 10.1. The van der Waals surface area contributed by atoms with E-state index in [0.717, 1.165) is 31.1 Å². The fourth-order valence-electron chi connectivity index (χ4n) is 5.13. The minimum Gasteiger partial charge on any atom is -0.339 e. The lowest BCUT2D eigenvalue weighted by atomic mass is 9.89. The molecule has 5 rings (SSSR count). The molecule has 2 saturated carbocycles. The Morgan fingerprint density at radius 3 is 2.67 bits per heavy atom. The second-order valence-electron chi connectivity index (χ2n) is 8.28. The molecule has 0 N–H and O–H groups in total. The van der Waals surface area contributed by atoms with E-state index < -0.39 is 0 Å². The average molecular weight is 371 g/mol. The summed E-state index contributed by atoms with van der Waals surface area (Å²) in [6, 6.07) is 0.251. The molecule has 1 amide bonds. The second kappa shape index (κ2) is 6.73. The summed E-state index contributed by atoms with van der Waals surface area (Å²) in [5.74, 6) is 3.85. The summed E-state index contributed by atoms with van der Waals surface area (Å²) in [5.41, 5.74) is 0. The highest BCUT2D eigenvalue weighted by atomic mass is 16.5. The van der Waals surface area contributed by atoms with Gasteiger partial charge in [-0.15, -0.1) is 0 Å². The lowest BCUT2D eigenvalue weighted by molar-refractivity contribution is -0.132. The van der Waals surface area contributed by atoms with Crippen LogP contribution in [0.15, 0.2) is 9.05 Å². The van der Waals surface area contributed by atoms with Gasteiger partial charge in [0, 0.05) is 24.4 Å². The van der Waals surface area contributed by atoms with Gasteiger partial charge in [-0.2, -0.15) is 9.97 Å². The van der Waals surface area contributed by atoms with Crippen LogP contribution in [0.4, 0.5) is 0 Å². The van der Waals surface area contributed by atoms with Crippen molar-refractivity contribution in [3.05, 3.63) is 23.4 Å². The Morgan fingerprint density at radius 2 is 1.96 bits per heavy atom. The molecule has 2 aromatic rings. The molecule has 0 aromatic carbocycles. The fraction of sp³-hybridized carbons (Fsp3) is 0.737. The molecule has 8 nitrogen and oxygen atoms in total. The van der Waals surface area contributed by atoms with Crippen molar-refractivity contribution in [3.63, 3.8) is 0 Å². The number of carbonyl (C=O) groups excluding carboxylic acids is 1. The quantitative estimate of drug-likeness (QED) is 0.815. The van der Waals surface area contributed by atoms with Crippen LogP contribution in [-0.2, 0) is 11.2 Å². The zero-order chi connectivity index (χ0) is 18.4. The smallest absolute Gasteiger partial charge is 0.236 e. The molecule has 3 heterocycles. The van der Waals surface area contributed by atoms with Crippen LogP contribution in [0.1, 0.15) is 80.2 Å². The SMILES string of the molecule is Cc1noc(CC(=O)N2CC3CC2CC3c2nc(C3CCCCC3)no2)n1.